The number of rotatable bonds is 6. The van der Waals surface area contributed by atoms with Crippen LogP contribution in [-0.2, 0) is 10.4 Å². The number of benzene rings is 4. The van der Waals surface area contributed by atoms with Gasteiger partial charge in [0.15, 0.2) is 5.60 Å². The van der Waals surface area contributed by atoms with Crippen LogP contribution in [-0.4, -0.2) is 48.0 Å². The zero-order valence-electron chi connectivity index (χ0n) is 20.8. The Labute approximate surface area is 221 Å². The molecule has 0 spiro atoms. The summed E-state index contributed by atoms with van der Waals surface area (Å²) in [5.41, 5.74) is 0.939. The number of hydrogen-bond acceptors (Lipinski definition) is 4. The van der Waals surface area contributed by atoms with Gasteiger partial charge in [-0.25, -0.2) is 4.39 Å². The number of aliphatic hydroxyl groups is 1. The molecule has 5 rings (SSSR count). The molecule has 1 saturated heterocycles. The first-order chi connectivity index (χ1) is 18.4. The number of nitrogens with one attached hydrogen (secondary N) is 1. The lowest BCUT2D eigenvalue weighted by atomic mass is 9.85. The number of amides is 2. The average Bonchev–Trinajstić information content (AvgIpc) is 2.98. The fraction of sp³-hybridized carbons (Fsp3) is 0.161. The molecule has 2 amide bonds. The molecule has 1 aliphatic rings. The van der Waals surface area contributed by atoms with Crippen molar-refractivity contribution in [3.63, 3.8) is 0 Å². The summed E-state index contributed by atoms with van der Waals surface area (Å²) in [4.78, 5) is 30.4. The molecule has 0 unspecified atom stereocenters. The molecule has 0 saturated carbocycles. The lowest BCUT2D eigenvalue weighted by Crippen LogP contribution is -2.48. The van der Waals surface area contributed by atoms with Crippen molar-refractivity contribution in [2.24, 2.45) is 0 Å². The van der Waals surface area contributed by atoms with Crippen LogP contribution in [0.3, 0.4) is 0 Å². The molecular formula is C31H28FN3O3. The molecule has 0 bridgehead atoms. The molecule has 6 nitrogen and oxygen atoms in total. The third kappa shape index (κ3) is 5.14. The van der Waals surface area contributed by atoms with Crippen LogP contribution in [0.15, 0.2) is 109 Å². The fourth-order valence-electron chi connectivity index (χ4n) is 4.71. The van der Waals surface area contributed by atoms with Gasteiger partial charge < -0.3 is 20.2 Å². The van der Waals surface area contributed by atoms with Gasteiger partial charge in [-0.15, -0.1) is 0 Å². The lowest BCUT2D eigenvalue weighted by Gasteiger charge is -2.36. The highest BCUT2D eigenvalue weighted by atomic mass is 19.1. The van der Waals surface area contributed by atoms with Crippen molar-refractivity contribution in [1.82, 2.24) is 4.90 Å². The minimum atomic E-state index is -1.89. The number of carbonyl (C=O) groups is 2. The minimum Gasteiger partial charge on any atom is -0.372 e. The van der Waals surface area contributed by atoms with E-state index in [0.717, 1.165) is 5.69 Å². The summed E-state index contributed by atoms with van der Waals surface area (Å²) in [6, 6.07) is 30.6. The van der Waals surface area contributed by atoms with E-state index < -0.39 is 11.5 Å². The molecule has 4 aromatic rings. The second-order valence-electron chi connectivity index (χ2n) is 9.23. The molecule has 7 heteroatoms. The minimum absolute atomic E-state index is 0.0910. The SMILES string of the molecule is O=C(c1ccc(NC(=O)C(O)(c2ccccc2)c2ccccc2)cc1)N1CCN(c2ccc(F)cc2)CC1. The van der Waals surface area contributed by atoms with E-state index in [1.165, 1.54) is 12.1 Å². The molecule has 0 aliphatic carbocycles. The van der Waals surface area contributed by atoms with Crippen molar-refractivity contribution < 1.29 is 19.1 Å². The van der Waals surface area contributed by atoms with Gasteiger partial charge in [0.1, 0.15) is 5.82 Å². The van der Waals surface area contributed by atoms with Crippen LogP contribution in [0, 0.1) is 5.82 Å². The van der Waals surface area contributed by atoms with Crippen LogP contribution < -0.4 is 10.2 Å². The standard InChI is InChI=1S/C31H28FN3O3/c32-26-13-17-28(18-14-26)34-19-21-35(22-20-34)29(36)23-11-15-27(16-12-23)33-30(37)31(38,24-7-3-1-4-8-24)25-9-5-2-6-10-25/h1-18,38H,19-22H2,(H,33,37). The molecule has 1 heterocycles. The number of piperazine rings is 1. The highest BCUT2D eigenvalue weighted by molar-refractivity contribution is 6.01. The first-order valence-electron chi connectivity index (χ1n) is 12.5. The summed E-state index contributed by atoms with van der Waals surface area (Å²) in [6.45, 7) is 2.41. The van der Waals surface area contributed by atoms with E-state index in [2.05, 4.69) is 10.2 Å². The van der Waals surface area contributed by atoms with Crippen LogP contribution in [0.1, 0.15) is 21.5 Å². The Morgan fingerprint density at radius 2 is 1.24 bits per heavy atom. The monoisotopic (exact) mass is 509 g/mol. The van der Waals surface area contributed by atoms with E-state index in [1.807, 2.05) is 12.1 Å². The van der Waals surface area contributed by atoms with Crippen LogP contribution >= 0.6 is 0 Å². The Bertz CT molecular complexity index is 1350. The second-order valence-corrected chi connectivity index (χ2v) is 9.23. The zero-order chi connectivity index (χ0) is 26.5. The first-order valence-corrected chi connectivity index (χ1v) is 12.5. The average molecular weight is 510 g/mol. The molecule has 4 aromatic carbocycles. The Morgan fingerprint density at radius 1 is 0.711 bits per heavy atom. The van der Waals surface area contributed by atoms with E-state index in [4.69, 9.17) is 0 Å². The van der Waals surface area contributed by atoms with Gasteiger partial charge in [0.05, 0.1) is 0 Å². The number of carbonyl (C=O) groups excluding carboxylic acids is 2. The van der Waals surface area contributed by atoms with Gasteiger partial charge in [0, 0.05) is 43.1 Å². The van der Waals surface area contributed by atoms with Gasteiger partial charge in [-0.2, -0.15) is 0 Å². The highest BCUT2D eigenvalue weighted by Gasteiger charge is 2.40. The fourth-order valence-corrected chi connectivity index (χ4v) is 4.71. The zero-order valence-corrected chi connectivity index (χ0v) is 20.8. The van der Waals surface area contributed by atoms with Gasteiger partial charge in [-0.3, -0.25) is 9.59 Å². The molecular weight excluding hydrogens is 481 g/mol. The van der Waals surface area contributed by atoms with Crippen molar-refractivity contribution in [2.75, 3.05) is 36.4 Å². The molecule has 1 aliphatic heterocycles. The largest absolute Gasteiger partial charge is 0.372 e. The number of anilines is 2. The molecule has 38 heavy (non-hydrogen) atoms. The molecule has 0 aromatic heterocycles. The van der Waals surface area contributed by atoms with Gasteiger partial charge >= 0.3 is 0 Å². The van der Waals surface area contributed by atoms with Gasteiger partial charge in [-0.05, 0) is 59.7 Å². The van der Waals surface area contributed by atoms with Crippen LogP contribution in [0.25, 0.3) is 0 Å². The van der Waals surface area contributed by atoms with Gasteiger partial charge in [0.2, 0.25) is 0 Å². The summed E-state index contributed by atoms with van der Waals surface area (Å²) < 4.78 is 13.2. The molecule has 192 valence electrons. The summed E-state index contributed by atoms with van der Waals surface area (Å²) in [6.07, 6.45) is 0. The maximum atomic E-state index is 13.4. The van der Waals surface area contributed by atoms with Crippen molar-refractivity contribution in [2.45, 2.75) is 5.60 Å². The van der Waals surface area contributed by atoms with Crippen molar-refractivity contribution in [3.05, 3.63) is 132 Å². The van der Waals surface area contributed by atoms with E-state index >= 15 is 0 Å². The molecule has 0 radical (unpaired) electrons. The normalized spacial score (nSPS) is 13.7. The van der Waals surface area contributed by atoms with Crippen molar-refractivity contribution >= 4 is 23.2 Å². The number of nitrogens with zero attached hydrogens (tertiary/aromatic N) is 2. The quantitative estimate of drug-likeness (QED) is 0.397. The molecule has 0 atom stereocenters. The predicted molar refractivity (Wildman–Crippen MR) is 145 cm³/mol. The maximum absolute atomic E-state index is 13.4. The number of halogens is 1. The Hall–Kier alpha value is -4.49. The third-order valence-electron chi connectivity index (χ3n) is 6.86. The lowest BCUT2D eigenvalue weighted by molar-refractivity contribution is -0.131. The summed E-state index contributed by atoms with van der Waals surface area (Å²) >= 11 is 0. The first kappa shape index (κ1) is 25.2. The van der Waals surface area contributed by atoms with Crippen LogP contribution in [0.4, 0.5) is 15.8 Å². The summed E-state index contributed by atoms with van der Waals surface area (Å²) in [5.74, 6) is -0.954. The van der Waals surface area contributed by atoms with Gasteiger partial charge in [0.25, 0.3) is 11.8 Å². The summed E-state index contributed by atoms with van der Waals surface area (Å²) in [5, 5.41) is 14.4. The molecule has 1 fully saturated rings. The van der Waals surface area contributed by atoms with E-state index in [0.29, 0.717) is 48.6 Å². The Kier molecular flexibility index (Phi) is 7.20. The number of hydrogen-bond donors (Lipinski definition) is 2. The maximum Gasteiger partial charge on any atom is 0.265 e. The van der Waals surface area contributed by atoms with E-state index in [9.17, 15) is 19.1 Å². The van der Waals surface area contributed by atoms with Crippen LogP contribution in [0.2, 0.25) is 0 Å². The van der Waals surface area contributed by atoms with Gasteiger partial charge in [-0.1, -0.05) is 60.7 Å². The van der Waals surface area contributed by atoms with E-state index in [1.54, 1.807) is 89.8 Å². The summed E-state index contributed by atoms with van der Waals surface area (Å²) in [7, 11) is 0. The topological polar surface area (TPSA) is 72.9 Å². The Balaban J connectivity index is 1.26. The molecule has 2 N–H and O–H groups in total. The van der Waals surface area contributed by atoms with Crippen LogP contribution in [0.5, 0.6) is 0 Å². The predicted octanol–water partition coefficient (Wildman–Crippen LogP) is 4.66. The smallest absolute Gasteiger partial charge is 0.265 e. The van der Waals surface area contributed by atoms with Crippen molar-refractivity contribution in [1.29, 1.82) is 0 Å². The van der Waals surface area contributed by atoms with Crippen molar-refractivity contribution in [3.8, 4) is 0 Å². The third-order valence-corrected chi connectivity index (χ3v) is 6.86. The highest BCUT2D eigenvalue weighted by Crippen LogP contribution is 2.31. The van der Waals surface area contributed by atoms with E-state index in [-0.39, 0.29) is 11.7 Å². The Morgan fingerprint density at radius 3 is 1.76 bits per heavy atom. The second kappa shape index (κ2) is 10.9.